The van der Waals surface area contributed by atoms with Crippen molar-refractivity contribution in [3.63, 3.8) is 0 Å². The van der Waals surface area contributed by atoms with Gasteiger partial charge in [-0.2, -0.15) is 0 Å². The van der Waals surface area contributed by atoms with Crippen LogP contribution in [0, 0.1) is 20.8 Å². The maximum absolute atomic E-state index is 12.0. The van der Waals surface area contributed by atoms with Crippen LogP contribution in [0.3, 0.4) is 0 Å². The standard InChI is InChI=1S/C13H14N2OS/c1-8-4-9(2)11(10(3)5-8)6-13(16)12-7-17-15-14-12/h4-5,7H,6H2,1-3H3. The van der Waals surface area contributed by atoms with Gasteiger partial charge in [-0.05, 0) is 49.0 Å². The van der Waals surface area contributed by atoms with Crippen LogP contribution in [0.5, 0.6) is 0 Å². The first-order valence-corrected chi connectivity index (χ1v) is 6.28. The number of nitrogens with zero attached hydrogens (tertiary/aromatic N) is 2. The predicted octanol–water partition coefficient (Wildman–Crippen LogP) is 2.89. The van der Waals surface area contributed by atoms with E-state index in [1.54, 1.807) is 5.38 Å². The van der Waals surface area contributed by atoms with Crippen molar-refractivity contribution in [2.45, 2.75) is 27.2 Å². The number of rotatable bonds is 3. The number of benzene rings is 1. The molecule has 0 spiro atoms. The minimum Gasteiger partial charge on any atom is -0.292 e. The molecule has 2 aromatic rings. The van der Waals surface area contributed by atoms with Gasteiger partial charge in [0.2, 0.25) is 0 Å². The van der Waals surface area contributed by atoms with Crippen LogP contribution < -0.4 is 0 Å². The summed E-state index contributed by atoms with van der Waals surface area (Å²) in [6, 6.07) is 4.21. The lowest BCUT2D eigenvalue weighted by Gasteiger charge is -2.09. The van der Waals surface area contributed by atoms with Gasteiger partial charge in [0.1, 0.15) is 5.69 Å². The van der Waals surface area contributed by atoms with E-state index >= 15 is 0 Å². The first-order chi connectivity index (χ1) is 8.08. The third-order valence-corrected chi connectivity index (χ3v) is 3.33. The summed E-state index contributed by atoms with van der Waals surface area (Å²) in [5, 5.41) is 5.50. The molecular weight excluding hydrogens is 232 g/mol. The molecule has 0 aliphatic carbocycles. The first-order valence-electron chi connectivity index (χ1n) is 5.45. The molecule has 0 aliphatic rings. The van der Waals surface area contributed by atoms with E-state index in [-0.39, 0.29) is 5.78 Å². The average Bonchev–Trinajstić information content (AvgIpc) is 2.76. The van der Waals surface area contributed by atoms with Gasteiger partial charge in [0.15, 0.2) is 5.78 Å². The van der Waals surface area contributed by atoms with Crippen molar-refractivity contribution in [1.82, 2.24) is 9.59 Å². The number of aromatic nitrogens is 2. The Balaban J connectivity index is 2.28. The highest BCUT2D eigenvalue weighted by Gasteiger charge is 2.13. The van der Waals surface area contributed by atoms with E-state index in [1.807, 2.05) is 13.8 Å². The average molecular weight is 246 g/mol. The van der Waals surface area contributed by atoms with Crippen LogP contribution in [0.15, 0.2) is 17.5 Å². The lowest BCUT2D eigenvalue weighted by atomic mass is 9.95. The zero-order chi connectivity index (χ0) is 12.4. The molecule has 0 amide bonds. The number of ketones is 1. The molecule has 2 rings (SSSR count). The van der Waals surface area contributed by atoms with Crippen molar-refractivity contribution >= 4 is 17.3 Å². The van der Waals surface area contributed by atoms with Gasteiger partial charge in [0, 0.05) is 11.8 Å². The van der Waals surface area contributed by atoms with Crippen LogP contribution in [-0.2, 0) is 6.42 Å². The molecule has 0 atom stereocenters. The van der Waals surface area contributed by atoms with Crippen LogP contribution in [0.4, 0.5) is 0 Å². The Kier molecular flexibility index (Phi) is 3.33. The fourth-order valence-corrected chi connectivity index (χ4v) is 2.49. The Labute approximate surface area is 105 Å². The summed E-state index contributed by atoms with van der Waals surface area (Å²) in [6.07, 6.45) is 0.406. The molecule has 4 heteroatoms. The highest BCUT2D eigenvalue weighted by Crippen LogP contribution is 2.18. The molecule has 0 saturated carbocycles. The Bertz CT molecular complexity index is 524. The lowest BCUT2D eigenvalue weighted by Crippen LogP contribution is -2.07. The Morgan fingerprint density at radius 3 is 2.41 bits per heavy atom. The van der Waals surface area contributed by atoms with Crippen LogP contribution in [0.2, 0.25) is 0 Å². The minimum absolute atomic E-state index is 0.0359. The summed E-state index contributed by atoms with van der Waals surface area (Å²) in [4.78, 5) is 12.0. The molecule has 3 nitrogen and oxygen atoms in total. The third-order valence-electron chi connectivity index (χ3n) is 2.82. The van der Waals surface area contributed by atoms with Crippen molar-refractivity contribution in [1.29, 1.82) is 0 Å². The molecule has 1 aromatic heterocycles. The van der Waals surface area contributed by atoms with Gasteiger partial charge in [-0.1, -0.05) is 22.2 Å². The summed E-state index contributed by atoms with van der Waals surface area (Å²) >= 11 is 1.21. The monoisotopic (exact) mass is 246 g/mol. The largest absolute Gasteiger partial charge is 0.292 e. The summed E-state index contributed by atoms with van der Waals surface area (Å²) in [5.41, 5.74) is 5.13. The molecule has 1 aromatic carbocycles. The molecular formula is C13H14N2OS. The molecule has 0 aliphatic heterocycles. The zero-order valence-corrected chi connectivity index (χ0v) is 11.0. The fourth-order valence-electron chi connectivity index (χ4n) is 2.03. The highest BCUT2D eigenvalue weighted by atomic mass is 32.1. The van der Waals surface area contributed by atoms with Crippen LogP contribution >= 0.6 is 11.5 Å². The van der Waals surface area contributed by atoms with Crippen molar-refractivity contribution in [2.75, 3.05) is 0 Å². The second kappa shape index (κ2) is 4.75. The molecule has 0 N–H and O–H groups in total. The van der Waals surface area contributed by atoms with Gasteiger partial charge in [-0.15, -0.1) is 5.10 Å². The number of aryl methyl sites for hydroxylation is 3. The number of carbonyl (C=O) groups excluding carboxylic acids is 1. The molecule has 0 bridgehead atoms. The van der Waals surface area contributed by atoms with Gasteiger partial charge in [-0.25, -0.2) is 0 Å². The molecule has 88 valence electrons. The second-order valence-corrected chi connectivity index (χ2v) is 4.88. The highest BCUT2D eigenvalue weighted by molar-refractivity contribution is 7.03. The number of hydrogen-bond donors (Lipinski definition) is 0. The van der Waals surface area contributed by atoms with Gasteiger partial charge < -0.3 is 0 Å². The molecule has 0 fully saturated rings. The molecule has 0 saturated heterocycles. The van der Waals surface area contributed by atoms with Gasteiger partial charge in [0.05, 0.1) is 0 Å². The third kappa shape index (κ3) is 2.58. The summed E-state index contributed by atoms with van der Waals surface area (Å²) in [6.45, 7) is 6.15. The van der Waals surface area contributed by atoms with E-state index in [0.29, 0.717) is 12.1 Å². The van der Waals surface area contributed by atoms with Crippen LogP contribution in [0.1, 0.15) is 32.7 Å². The molecule has 0 unspecified atom stereocenters. The Morgan fingerprint density at radius 2 is 1.88 bits per heavy atom. The van der Waals surface area contributed by atoms with Crippen molar-refractivity contribution in [3.05, 3.63) is 45.5 Å². The van der Waals surface area contributed by atoms with E-state index in [4.69, 9.17) is 0 Å². The molecule has 0 radical (unpaired) electrons. The SMILES string of the molecule is Cc1cc(C)c(CC(=O)c2csnn2)c(C)c1. The quantitative estimate of drug-likeness (QED) is 0.782. The van der Waals surface area contributed by atoms with Crippen molar-refractivity contribution in [3.8, 4) is 0 Å². The van der Waals surface area contributed by atoms with Gasteiger partial charge >= 0.3 is 0 Å². The van der Waals surface area contributed by atoms with E-state index in [1.165, 1.54) is 28.2 Å². The summed E-state index contributed by atoms with van der Waals surface area (Å²) < 4.78 is 3.71. The predicted molar refractivity (Wildman–Crippen MR) is 68.6 cm³/mol. The number of carbonyl (C=O) groups is 1. The Hall–Kier alpha value is -1.55. The van der Waals surface area contributed by atoms with E-state index < -0.39 is 0 Å². The zero-order valence-electron chi connectivity index (χ0n) is 10.2. The van der Waals surface area contributed by atoms with E-state index in [2.05, 4.69) is 28.6 Å². The lowest BCUT2D eigenvalue weighted by molar-refractivity contribution is 0.0988. The molecule has 1 heterocycles. The smallest absolute Gasteiger partial charge is 0.188 e. The molecule has 17 heavy (non-hydrogen) atoms. The summed E-state index contributed by atoms with van der Waals surface area (Å²) in [5.74, 6) is 0.0359. The number of hydrogen-bond acceptors (Lipinski definition) is 4. The van der Waals surface area contributed by atoms with Gasteiger partial charge in [0.25, 0.3) is 0 Å². The maximum atomic E-state index is 12.0. The number of Topliss-reactive ketones (excluding diaryl/α,β-unsaturated/α-hetero) is 1. The van der Waals surface area contributed by atoms with Crippen molar-refractivity contribution in [2.24, 2.45) is 0 Å². The second-order valence-electron chi connectivity index (χ2n) is 4.27. The minimum atomic E-state index is 0.0359. The fraction of sp³-hybridized carbons (Fsp3) is 0.308. The topological polar surface area (TPSA) is 42.9 Å². The summed E-state index contributed by atoms with van der Waals surface area (Å²) in [7, 11) is 0. The first kappa shape index (κ1) is 11.9. The van der Waals surface area contributed by atoms with Crippen molar-refractivity contribution < 1.29 is 4.79 Å². The van der Waals surface area contributed by atoms with Gasteiger partial charge in [-0.3, -0.25) is 4.79 Å². The Morgan fingerprint density at radius 1 is 1.24 bits per heavy atom. The van der Waals surface area contributed by atoms with E-state index in [9.17, 15) is 4.79 Å². The van der Waals surface area contributed by atoms with E-state index in [0.717, 1.165) is 5.56 Å². The normalized spacial score (nSPS) is 10.5. The van der Waals surface area contributed by atoms with Crippen LogP contribution in [0.25, 0.3) is 0 Å². The maximum Gasteiger partial charge on any atom is 0.188 e. The van der Waals surface area contributed by atoms with Crippen LogP contribution in [-0.4, -0.2) is 15.4 Å².